The summed E-state index contributed by atoms with van der Waals surface area (Å²) in [6.07, 6.45) is 1.63. The molecule has 0 saturated heterocycles. The monoisotopic (exact) mass is 156 g/mol. The molecule has 1 aromatic rings. The number of nitrogens with two attached hydrogens (primary N) is 1. The minimum Gasteiger partial charge on any atom is -0.366 e. The van der Waals surface area contributed by atoms with E-state index in [1.165, 1.54) is 0 Å². The van der Waals surface area contributed by atoms with Crippen LogP contribution in [-0.2, 0) is 0 Å². The molecule has 0 saturated carbocycles. The Kier molecular flexibility index (Phi) is 3.17. The van der Waals surface area contributed by atoms with E-state index in [4.69, 9.17) is 5.73 Å². The van der Waals surface area contributed by atoms with Crippen molar-refractivity contribution in [3.05, 3.63) is 29.6 Å². The third-order valence-electron chi connectivity index (χ3n) is 1.27. The number of pyridine rings is 1. The predicted octanol–water partition coefficient (Wildman–Crippen LogP) is 0.641. The van der Waals surface area contributed by atoms with Crippen LogP contribution in [0.3, 0.4) is 0 Å². The lowest BCUT2D eigenvalue weighted by molar-refractivity contribution is 0.0999. The Labute approximate surface area is 63.6 Å². The normalized spacial score (nSPS) is 8.45. The first-order chi connectivity index (χ1) is 4.72. The molecule has 0 bridgehead atoms. The summed E-state index contributed by atoms with van der Waals surface area (Å²) in [6.45, 7) is 1.75. The van der Waals surface area contributed by atoms with Crippen LogP contribution in [0.4, 0.5) is 4.70 Å². The van der Waals surface area contributed by atoms with Gasteiger partial charge in [-0.25, -0.2) is 0 Å². The fourth-order valence-corrected chi connectivity index (χ4v) is 0.745. The Hall–Kier alpha value is -1.45. The molecule has 4 heteroatoms. The summed E-state index contributed by atoms with van der Waals surface area (Å²) in [5.74, 6) is -0.425. The molecule has 11 heavy (non-hydrogen) atoms. The van der Waals surface area contributed by atoms with Gasteiger partial charge in [0.25, 0.3) is 5.91 Å². The van der Waals surface area contributed by atoms with Crippen molar-refractivity contribution in [2.24, 2.45) is 5.73 Å². The number of halogens is 1. The number of nitrogens with zero attached hydrogens (tertiary/aromatic N) is 1. The van der Waals surface area contributed by atoms with Crippen molar-refractivity contribution >= 4 is 5.91 Å². The molecule has 0 aromatic carbocycles. The van der Waals surface area contributed by atoms with Crippen molar-refractivity contribution in [3.8, 4) is 0 Å². The minimum absolute atomic E-state index is 0. The van der Waals surface area contributed by atoms with Crippen LogP contribution in [0.2, 0.25) is 0 Å². The molecule has 1 rings (SSSR count). The Morgan fingerprint density at radius 3 is 2.64 bits per heavy atom. The van der Waals surface area contributed by atoms with E-state index in [2.05, 4.69) is 4.98 Å². The van der Waals surface area contributed by atoms with Crippen molar-refractivity contribution in [3.63, 3.8) is 0 Å². The number of aromatic nitrogens is 1. The number of hydrogen-bond donors (Lipinski definition) is 1. The first-order valence-electron chi connectivity index (χ1n) is 2.93. The fraction of sp³-hybridized carbons (Fsp3) is 0.143. The largest absolute Gasteiger partial charge is 0.366 e. The Bertz CT molecular complexity index is 262. The second-order valence-electron chi connectivity index (χ2n) is 2.00. The van der Waals surface area contributed by atoms with Gasteiger partial charge in [0, 0.05) is 11.9 Å². The molecule has 0 fully saturated rings. The summed E-state index contributed by atoms with van der Waals surface area (Å²) < 4.78 is 0. The van der Waals surface area contributed by atoms with Crippen molar-refractivity contribution in [1.29, 1.82) is 0 Å². The summed E-state index contributed by atoms with van der Waals surface area (Å²) in [6, 6.07) is 3.34. The second-order valence-corrected chi connectivity index (χ2v) is 2.00. The molecule has 0 aliphatic rings. The zero-order valence-electron chi connectivity index (χ0n) is 6.07. The highest BCUT2D eigenvalue weighted by molar-refractivity contribution is 5.93. The van der Waals surface area contributed by atoms with Crippen LogP contribution in [0.25, 0.3) is 0 Å². The Morgan fingerprint density at radius 1 is 1.64 bits per heavy atom. The average molecular weight is 156 g/mol. The lowest BCUT2D eigenvalue weighted by Crippen LogP contribution is -2.12. The van der Waals surface area contributed by atoms with Crippen molar-refractivity contribution in [2.45, 2.75) is 6.92 Å². The van der Waals surface area contributed by atoms with Gasteiger partial charge in [0.1, 0.15) is 0 Å². The van der Waals surface area contributed by atoms with Crippen LogP contribution in [0.1, 0.15) is 16.1 Å². The summed E-state index contributed by atoms with van der Waals surface area (Å²) in [7, 11) is 0. The number of amides is 1. The lowest BCUT2D eigenvalue weighted by Gasteiger charge is -1.96. The summed E-state index contributed by atoms with van der Waals surface area (Å²) in [5, 5.41) is 0. The van der Waals surface area contributed by atoms with Crippen LogP contribution < -0.4 is 5.73 Å². The third-order valence-corrected chi connectivity index (χ3v) is 1.27. The molecule has 3 nitrogen and oxygen atoms in total. The average Bonchev–Trinajstić information content (AvgIpc) is 1.88. The van der Waals surface area contributed by atoms with Gasteiger partial charge in [-0.2, -0.15) is 0 Å². The maximum atomic E-state index is 10.6. The molecular weight excluding hydrogens is 147 g/mol. The van der Waals surface area contributed by atoms with Crippen molar-refractivity contribution in [1.82, 2.24) is 4.98 Å². The van der Waals surface area contributed by atoms with Crippen LogP contribution in [0.5, 0.6) is 0 Å². The molecule has 0 aliphatic heterocycles. The fourth-order valence-electron chi connectivity index (χ4n) is 0.745. The van der Waals surface area contributed by atoms with E-state index >= 15 is 0 Å². The zero-order chi connectivity index (χ0) is 7.56. The van der Waals surface area contributed by atoms with Crippen LogP contribution in [0.15, 0.2) is 18.3 Å². The molecule has 1 amide bonds. The van der Waals surface area contributed by atoms with E-state index in [9.17, 15) is 4.79 Å². The van der Waals surface area contributed by atoms with E-state index in [0.29, 0.717) is 11.3 Å². The maximum Gasteiger partial charge on any atom is 0.250 e. The van der Waals surface area contributed by atoms with E-state index in [0.717, 1.165) is 0 Å². The minimum atomic E-state index is -0.425. The summed E-state index contributed by atoms with van der Waals surface area (Å²) in [5.41, 5.74) is 6.20. The first kappa shape index (κ1) is 9.55. The van der Waals surface area contributed by atoms with E-state index in [1.54, 1.807) is 25.3 Å². The molecule has 60 valence electrons. The van der Waals surface area contributed by atoms with E-state index in [1.807, 2.05) is 0 Å². The molecule has 0 spiro atoms. The molecule has 2 N–H and O–H groups in total. The molecular formula is C7H9FN2O. The van der Waals surface area contributed by atoms with Gasteiger partial charge in [0.2, 0.25) is 0 Å². The molecule has 1 heterocycles. The van der Waals surface area contributed by atoms with Gasteiger partial charge < -0.3 is 5.73 Å². The van der Waals surface area contributed by atoms with Gasteiger partial charge in [-0.3, -0.25) is 14.5 Å². The lowest BCUT2D eigenvalue weighted by atomic mass is 10.2. The number of hydrogen-bond acceptors (Lipinski definition) is 2. The predicted molar refractivity (Wildman–Crippen MR) is 40.0 cm³/mol. The number of rotatable bonds is 1. The van der Waals surface area contributed by atoms with Crippen LogP contribution >= 0.6 is 0 Å². The number of aryl methyl sites for hydroxylation is 1. The summed E-state index contributed by atoms with van der Waals surface area (Å²) >= 11 is 0. The molecule has 0 radical (unpaired) electrons. The smallest absolute Gasteiger partial charge is 0.250 e. The molecule has 0 atom stereocenters. The van der Waals surface area contributed by atoms with Gasteiger partial charge in [0.05, 0.1) is 5.56 Å². The standard InChI is InChI=1S/C7H8N2O.FH/c1-5-6(7(8)10)3-2-4-9-5;/h2-4H,1H3,(H2,8,10);1H. The van der Waals surface area contributed by atoms with E-state index < -0.39 is 5.91 Å². The van der Waals surface area contributed by atoms with E-state index in [-0.39, 0.29) is 4.70 Å². The Morgan fingerprint density at radius 2 is 2.27 bits per heavy atom. The third kappa shape index (κ3) is 2.00. The summed E-state index contributed by atoms with van der Waals surface area (Å²) in [4.78, 5) is 14.5. The van der Waals surface area contributed by atoms with Gasteiger partial charge in [-0.15, -0.1) is 0 Å². The van der Waals surface area contributed by atoms with Gasteiger partial charge in [-0.05, 0) is 19.1 Å². The second kappa shape index (κ2) is 3.65. The first-order valence-corrected chi connectivity index (χ1v) is 2.93. The maximum absolute atomic E-state index is 10.6. The highest BCUT2D eigenvalue weighted by Crippen LogP contribution is 2.00. The van der Waals surface area contributed by atoms with Crippen LogP contribution in [0, 0.1) is 6.92 Å². The van der Waals surface area contributed by atoms with Crippen molar-refractivity contribution in [2.75, 3.05) is 0 Å². The Balaban J connectivity index is 0.000001000. The molecule has 1 aromatic heterocycles. The quantitative estimate of drug-likeness (QED) is 0.648. The SMILES string of the molecule is Cc1ncccc1C(N)=O.F. The van der Waals surface area contributed by atoms with Crippen molar-refractivity contribution < 1.29 is 9.50 Å². The topological polar surface area (TPSA) is 56.0 Å². The van der Waals surface area contributed by atoms with Gasteiger partial charge in [0.15, 0.2) is 0 Å². The number of carbonyl (C=O) groups excluding carboxylic acids is 1. The number of carbonyl (C=O) groups is 1. The highest BCUT2D eigenvalue weighted by atomic mass is 19.0. The van der Waals surface area contributed by atoms with Crippen LogP contribution in [-0.4, -0.2) is 10.9 Å². The highest BCUT2D eigenvalue weighted by Gasteiger charge is 2.01. The molecule has 0 unspecified atom stereocenters. The number of primary amides is 1. The molecule has 0 aliphatic carbocycles. The zero-order valence-corrected chi connectivity index (χ0v) is 6.07. The van der Waals surface area contributed by atoms with Gasteiger partial charge >= 0.3 is 0 Å². The van der Waals surface area contributed by atoms with Gasteiger partial charge in [-0.1, -0.05) is 0 Å².